The lowest BCUT2D eigenvalue weighted by Crippen LogP contribution is -2.33. The second-order valence-electron chi connectivity index (χ2n) is 4.68. The van der Waals surface area contributed by atoms with E-state index in [0.29, 0.717) is 6.04 Å². The van der Waals surface area contributed by atoms with Gasteiger partial charge in [-0.15, -0.1) is 11.3 Å². The van der Waals surface area contributed by atoms with Crippen LogP contribution in [0.1, 0.15) is 48.4 Å². The SMILES string of the molecule is CCNC1CCCC(c2cnc(C(F)(F)F)s2)C1. The van der Waals surface area contributed by atoms with Gasteiger partial charge >= 0.3 is 6.18 Å². The molecule has 0 aliphatic heterocycles. The Morgan fingerprint density at radius 1 is 1.44 bits per heavy atom. The molecule has 1 saturated carbocycles. The Hall–Kier alpha value is -0.620. The van der Waals surface area contributed by atoms with Crippen LogP contribution in [0.4, 0.5) is 13.2 Å². The molecule has 1 aliphatic carbocycles. The number of nitrogens with zero attached hydrogens (tertiary/aromatic N) is 1. The van der Waals surface area contributed by atoms with Gasteiger partial charge in [0.1, 0.15) is 0 Å². The highest BCUT2D eigenvalue weighted by Gasteiger charge is 2.35. The molecular formula is C12H17F3N2S. The van der Waals surface area contributed by atoms with Crippen LogP contribution in [0.5, 0.6) is 0 Å². The lowest BCUT2D eigenvalue weighted by atomic mass is 9.85. The fourth-order valence-corrected chi connectivity index (χ4v) is 3.46. The topological polar surface area (TPSA) is 24.9 Å². The molecule has 0 radical (unpaired) electrons. The fourth-order valence-electron chi connectivity index (χ4n) is 2.53. The molecule has 0 aromatic carbocycles. The number of thiazole rings is 1. The molecule has 2 nitrogen and oxygen atoms in total. The molecule has 2 atom stereocenters. The zero-order chi connectivity index (χ0) is 13.2. The average molecular weight is 278 g/mol. The van der Waals surface area contributed by atoms with Crippen molar-refractivity contribution < 1.29 is 13.2 Å². The summed E-state index contributed by atoms with van der Waals surface area (Å²) in [6, 6.07) is 0.435. The molecule has 0 amide bonds. The van der Waals surface area contributed by atoms with Crippen molar-refractivity contribution in [3.63, 3.8) is 0 Å². The molecule has 1 aromatic rings. The fraction of sp³-hybridized carbons (Fsp3) is 0.750. The van der Waals surface area contributed by atoms with Gasteiger partial charge in [-0.1, -0.05) is 13.3 Å². The molecule has 2 unspecified atom stereocenters. The summed E-state index contributed by atoms with van der Waals surface area (Å²) in [6.07, 6.45) is 1.19. The Morgan fingerprint density at radius 2 is 2.22 bits per heavy atom. The highest BCUT2D eigenvalue weighted by Crippen LogP contribution is 2.39. The van der Waals surface area contributed by atoms with Crippen molar-refractivity contribution in [2.45, 2.75) is 50.7 Å². The highest BCUT2D eigenvalue weighted by molar-refractivity contribution is 7.11. The molecule has 1 N–H and O–H groups in total. The highest BCUT2D eigenvalue weighted by atomic mass is 32.1. The van der Waals surface area contributed by atoms with Crippen LogP contribution >= 0.6 is 11.3 Å². The van der Waals surface area contributed by atoms with Gasteiger partial charge in [0, 0.05) is 17.1 Å². The second kappa shape index (κ2) is 5.57. The van der Waals surface area contributed by atoms with Gasteiger partial charge in [0.25, 0.3) is 0 Å². The van der Waals surface area contributed by atoms with Crippen molar-refractivity contribution in [3.8, 4) is 0 Å². The molecule has 6 heteroatoms. The molecule has 1 heterocycles. The summed E-state index contributed by atoms with van der Waals surface area (Å²) in [5.74, 6) is 0.233. The number of rotatable bonds is 3. The summed E-state index contributed by atoms with van der Waals surface area (Å²) in [7, 11) is 0. The summed E-state index contributed by atoms with van der Waals surface area (Å²) >= 11 is 0.803. The number of halogens is 3. The first-order valence-corrected chi connectivity index (χ1v) is 7.08. The van der Waals surface area contributed by atoms with E-state index < -0.39 is 11.2 Å². The number of hydrogen-bond donors (Lipinski definition) is 1. The van der Waals surface area contributed by atoms with E-state index in [1.165, 1.54) is 6.20 Å². The van der Waals surface area contributed by atoms with E-state index in [0.717, 1.165) is 48.4 Å². The molecule has 0 saturated heterocycles. The number of hydrogen-bond acceptors (Lipinski definition) is 3. The minimum Gasteiger partial charge on any atom is -0.314 e. The predicted octanol–water partition coefficient (Wildman–Crippen LogP) is 3.80. The Bertz CT molecular complexity index is 387. The van der Waals surface area contributed by atoms with Crippen molar-refractivity contribution in [1.82, 2.24) is 10.3 Å². The minimum absolute atomic E-state index is 0.233. The Kier molecular flexibility index (Phi) is 4.27. The lowest BCUT2D eigenvalue weighted by molar-refractivity contribution is -0.137. The molecule has 18 heavy (non-hydrogen) atoms. The molecular weight excluding hydrogens is 261 g/mol. The standard InChI is InChI=1S/C12H17F3N2S/c1-2-16-9-5-3-4-8(6-9)10-7-17-11(18-10)12(13,14)15/h7-9,16H,2-6H2,1H3. The third kappa shape index (κ3) is 3.23. The first-order chi connectivity index (χ1) is 8.50. The Labute approximate surface area is 109 Å². The third-order valence-corrected chi connectivity index (χ3v) is 4.54. The van der Waals surface area contributed by atoms with Crippen LogP contribution < -0.4 is 5.32 Å². The summed E-state index contributed by atoms with van der Waals surface area (Å²) in [5.41, 5.74) is 0. The van der Waals surface area contributed by atoms with Gasteiger partial charge in [0.15, 0.2) is 5.01 Å². The summed E-state index contributed by atoms with van der Waals surface area (Å²) in [5, 5.41) is 2.66. The van der Waals surface area contributed by atoms with E-state index in [9.17, 15) is 13.2 Å². The van der Waals surface area contributed by atoms with Crippen molar-refractivity contribution in [2.75, 3.05) is 6.54 Å². The van der Waals surface area contributed by atoms with Crippen LogP contribution in [-0.2, 0) is 6.18 Å². The van der Waals surface area contributed by atoms with Crippen LogP contribution in [0.25, 0.3) is 0 Å². The smallest absolute Gasteiger partial charge is 0.314 e. The molecule has 1 fully saturated rings. The van der Waals surface area contributed by atoms with Crippen LogP contribution in [0, 0.1) is 0 Å². The van der Waals surface area contributed by atoms with E-state index >= 15 is 0 Å². The second-order valence-corrected chi connectivity index (χ2v) is 5.75. The van der Waals surface area contributed by atoms with Gasteiger partial charge in [0.05, 0.1) is 0 Å². The van der Waals surface area contributed by atoms with Crippen molar-refractivity contribution in [3.05, 3.63) is 16.1 Å². The molecule has 1 aliphatic rings. The molecule has 2 rings (SSSR count). The van der Waals surface area contributed by atoms with Gasteiger partial charge in [-0.3, -0.25) is 0 Å². The Morgan fingerprint density at radius 3 is 2.83 bits per heavy atom. The van der Waals surface area contributed by atoms with Crippen molar-refractivity contribution in [2.24, 2.45) is 0 Å². The van der Waals surface area contributed by atoms with Crippen LogP contribution in [-0.4, -0.2) is 17.6 Å². The maximum Gasteiger partial charge on any atom is 0.443 e. The number of alkyl halides is 3. The minimum atomic E-state index is -4.31. The normalized spacial score (nSPS) is 25.3. The first kappa shape index (κ1) is 13.8. The van der Waals surface area contributed by atoms with Crippen LogP contribution in [0.3, 0.4) is 0 Å². The number of aromatic nitrogens is 1. The van der Waals surface area contributed by atoms with Gasteiger partial charge < -0.3 is 5.32 Å². The first-order valence-electron chi connectivity index (χ1n) is 6.27. The van der Waals surface area contributed by atoms with Gasteiger partial charge in [-0.05, 0) is 31.7 Å². The monoisotopic (exact) mass is 278 g/mol. The maximum absolute atomic E-state index is 12.5. The maximum atomic E-state index is 12.5. The lowest BCUT2D eigenvalue weighted by Gasteiger charge is -2.28. The van der Waals surface area contributed by atoms with Gasteiger partial charge in [-0.25, -0.2) is 4.98 Å². The van der Waals surface area contributed by atoms with E-state index in [2.05, 4.69) is 17.2 Å². The summed E-state index contributed by atoms with van der Waals surface area (Å²) < 4.78 is 37.5. The van der Waals surface area contributed by atoms with E-state index in [1.807, 2.05) is 0 Å². The Balaban J connectivity index is 2.05. The van der Waals surface area contributed by atoms with E-state index in [1.54, 1.807) is 0 Å². The van der Waals surface area contributed by atoms with Crippen LogP contribution in [0.15, 0.2) is 6.20 Å². The zero-order valence-electron chi connectivity index (χ0n) is 10.3. The third-order valence-electron chi connectivity index (χ3n) is 3.34. The molecule has 0 spiro atoms. The van der Waals surface area contributed by atoms with Crippen molar-refractivity contribution in [1.29, 1.82) is 0 Å². The molecule has 0 bridgehead atoms. The number of nitrogens with one attached hydrogen (secondary N) is 1. The summed E-state index contributed by atoms with van der Waals surface area (Å²) in [4.78, 5) is 4.29. The molecule has 102 valence electrons. The average Bonchev–Trinajstić information content (AvgIpc) is 2.78. The predicted molar refractivity (Wildman–Crippen MR) is 65.8 cm³/mol. The quantitative estimate of drug-likeness (QED) is 0.909. The van der Waals surface area contributed by atoms with Gasteiger partial charge in [-0.2, -0.15) is 13.2 Å². The molecule has 1 aromatic heterocycles. The van der Waals surface area contributed by atoms with E-state index in [4.69, 9.17) is 0 Å². The van der Waals surface area contributed by atoms with Crippen molar-refractivity contribution >= 4 is 11.3 Å². The van der Waals surface area contributed by atoms with E-state index in [-0.39, 0.29) is 5.92 Å². The van der Waals surface area contributed by atoms with Gasteiger partial charge in [0.2, 0.25) is 0 Å². The zero-order valence-corrected chi connectivity index (χ0v) is 11.1. The summed E-state index contributed by atoms with van der Waals surface area (Å²) in [6.45, 7) is 2.96. The largest absolute Gasteiger partial charge is 0.443 e. The van der Waals surface area contributed by atoms with Crippen LogP contribution in [0.2, 0.25) is 0 Å².